The fourth-order valence-corrected chi connectivity index (χ4v) is 4.54. The molecule has 0 fully saturated rings. The Kier molecular flexibility index (Phi) is 7.60. The Balaban J connectivity index is 2.12. The highest BCUT2D eigenvalue weighted by atomic mass is 35.5. The molecule has 0 radical (unpaired) electrons. The summed E-state index contributed by atoms with van der Waals surface area (Å²) in [5.74, 6) is 0.384. The minimum Gasteiger partial charge on any atom is -0.422 e. The number of pyridine rings is 1. The van der Waals surface area contributed by atoms with Gasteiger partial charge >= 0.3 is 6.01 Å². The highest BCUT2D eigenvalue weighted by molar-refractivity contribution is 7.92. The van der Waals surface area contributed by atoms with Crippen LogP contribution in [0.3, 0.4) is 0 Å². The summed E-state index contributed by atoms with van der Waals surface area (Å²) in [5, 5.41) is 3.22. The summed E-state index contributed by atoms with van der Waals surface area (Å²) in [7, 11) is -0.360. The van der Waals surface area contributed by atoms with Crippen molar-refractivity contribution in [3.8, 4) is 23.0 Å². The maximum atomic E-state index is 12.5. The van der Waals surface area contributed by atoms with Gasteiger partial charge in [0.2, 0.25) is 10.0 Å². The number of aryl methyl sites for hydroxylation is 2. The van der Waals surface area contributed by atoms with E-state index in [0.717, 1.165) is 12.0 Å². The van der Waals surface area contributed by atoms with Crippen molar-refractivity contribution in [2.45, 2.75) is 26.7 Å². The summed E-state index contributed by atoms with van der Waals surface area (Å²) in [5.41, 5.74) is 1.85. The molecule has 33 heavy (non-hydrogen) atoms. The molecule has 0 saturated carbocycles. The van der Waals surface area contributed by atoms with Crippen molar-refractivity contribution in [2.75, 3.05) is 22.8 Å². The molecule has 3 aromatic rings. The molecule has 0 spiro atoms. The zero-order valence-corrected chi connectivity index (χ0v) is 20.4. The van der Waals surface area contributed by atoms with Crippen LogP contribution in [0.4, 0.5) is 11.5 Å². The van der Waals surface area contributed by atoms with E-state index in [-0.39, 0.29) is 23.1 Å². The fourth-order valence-electron chi connectivity index (χ4n) is 3.08. The normalized spacial score (nSPS) is 11.3. The van der Waals surface area contributed by atoms with Gasteiger partial charge in [-0.05, 0) is 31.0 Å². The maximum Gasteiger partial charge on any atom is 0.324 e. The van der Waals surface area contributed by atoms with Crippen molar-refractivity contribution in [1.29, 1.82) is 0 Å². The molecule has 11 heteroatoms. The third-order valence-electron chi connectivity index (χ3n) is 4.84. The number of halogens is 1. The lowest BCUT2D eigenvalue weighted by atomic mass is 10.2. The Labute approximate surface area is 197 Å². The number of hydrogen-bond donors (Lipinski definition) is 2. The summed E-state index contributed by atoms with van der Waals surface area (Å²) in [6, 6.07) is 8.33. The molecule has 0 aliphatic heterocycles. The second-order valence-electron chi connectivity index (χ2n) is 7.49. The third kappa shape index (κ3) is 6.02. The standard InChI is InChI=1S/C22H26ClN5O4S/c1-5-6-10-33(30,31)27-19-12-17(15-11-18(24-3)21(29)28(4)13-15)25-22(26-19)32-20-14(2)8-7-9-16(20)23/h7-9,11-13,24H,5-6,10H2,1-4H3,(H,25,26,27). The lowest BCUT2D eigenvalue weighted by Gasteiger charge is -2.14. The number of hydrogen-bond acceptors (Lipinski definition) is 7. The van der Waals surface area contributed by atoms with Gasteiger partial charge in [0.05, 0.1) is 16.5 Å². The SMILES string of the molecule is CCCCS(=O)(=O)Nc1cc(-c2cc(NC)c(=O)n(C)c2)nc(Oc2c(C)cccc2Cl)n1. The number of aromatic nitrogens is 3. The lowest BCUT2D eigenvalue weighted by molar-refractivity contribution is 0.440. The van der Waals surface area contributed by atoms with Crippen LogP contribution in [0.15, 0.2) is 41.3 Å². The zero-order valence-electron chi connectivity index (χ0n) is 18.8. The second-order valence-corrected chi connectivity index (χ2v) is 9.74. The molecule has 0 atom stereocenters. The van der Waals surface area contributed by atoms with Gasteiger partial charge in [-0.15, -0.1) is 0 Å². The molecule has 0 amide bonds. The van der Waals surface area contributed by atoms with E-state index in [2.05, 4.69) is 20.0 Å². The van der Waals surface area contributed by atoms with Crippen LogP contribution >= 0.6 is 11.6 Å². The predicted molar refractivity (Wildman–Crippen MR) is 131 cm³/mol. The van der Waals surface area contributed by atoms with E-state index in [1.54, 1.807) is 38.5 Å². The van der Waals surface area contributed by atoms with Crippen molar-refractivity contribution in [3.63, 3.8) is 0 Å². The molecule has 0 aliphatic rings. The molecule has 9 nitrogen and oxygen atoms in total. The van der Waals surface area contributed by atoms with Gasteiger partial charge in [0.25, 0.3) is 5.56 Å². The maximum absolute atomic E-state index is 12.5. The molecule has 0 saturated heterocycles. The van der Waals surface area contributed by atoms with Crippen LogP contribution < -0.4 is 20.3 Å². The number of ether oxygens (including phenoxy) is 1. The van der Waals surface area contributed by atoms with E-state index in [9.17, 15) is 13.2 Å². The first-order valence-corrected chi connectivity index (χ1v) is 12.4. The number of sulfonamides is 1. The number of rotatable bonds is 9. The van der Waals surface area contributed by atoms with Crippen molar-refractivity contribution >= 4 is 33.1 Å². The second kappa shape index (κ2) is 10.2. The van der Waals surface area contributed by atoms with Crippen molar-refractivity contribution in [1.82, 2.24) is 14.5 Å². The average Bonchev–Trinajstić information content (AvgIpc) is 2.76. The Morgan fingerprint density at radius 2 is 1.97 bits per heavy atom. The van der Waals surface area contributed by atoms with Crippen LogP contribution in [0.25, 0.3) is 11.3 Å². The van der Waals surface area contributed by atoms with Crippen molar-refractivity contribution in [3.05, 3.63) is 57.5 Å². The number of nitrogens with one attached hydrogen (secondary N) is 2. The lowest BCUT2D eigenvalue weighted by Crippen LogP contribution is -2.20. The highest BCUT2D eigenvalue weighted by Gasteiger charge is 2.17. The number of unbranched alkanes of at least 4 members (excludes halogenated alkanes) is 1. The van der Waals surface area contributed by atoms with Crippen LogP contribution in [0.1, 0.15) is 25.3 Å². The smallest absolute Gasteiger partial charge is 0.324 e. The molecule has 0 bridgehead atoms. The first-order valence-electron chi connectivity index (χ1n) is 10.3. The fraction of sp³-hybridized carbons (Fsp3) is 0.318. The first-order chi connectivity index (χ1) is 15.6. The van der Waals surface area contributed by atoms with Crippen LogP contribution in [-0.2, 0) is 17.1 Å². The molecule has 2 N–H and O–H groups in total. The van der Waals surface area contributed by atoms with Gasteiger partial charge in [-0.1, -0.05) is 37.1 Å². The van der Waals surface area contributed by atoms with Gasteiger partial charge in [0, 0.05) is 31.9 Å². The highest BCUT2D eigenvalue weighted by Crippen LogP contribution is 2.33. The van der Waals surface area contributed by atoms with Crippen molar-refractivity contribution < 1.29 is 13.2 Å². The predicted octanol–water partition coefficient (Wildman–Crippen LogP) is 4.18. The monoisotopic (exact) mass is 491 g/mol. The molecule has 2 aromatic heterocycles. The molecular weight excluding hydrogens is 466 g/mol. The third-order valence-corrected chi connectivity index (χ3v) is 6.48. The van der Waals surface area contributed by atoms with E-state index in [1.807, 2.05) is 19.9 Å². The summed E-state index contributed by atoms with van der Waals surface area (Å²) in [4.78, 5) is 21.0. The van der Waals surface area contributed by atoms with Crippen molar-refractivity contribution in [2.24, 2.45) is 7.05 Å². The minimum atomic E-state index is -3.62. The number of benzene rings is 1. The largest absolute Gasteiger partial charge is 0.422 e. The molecule has 1 aromatic carbocycles. The molecular formula is C22H26ClN5O4S. The van der Waals surface area contributed by atoms with E-state index in [0.29, 0.717) is 34.1 Å². The van der Waals surface area contributed by atoms with Gasteiger partial charge in [-0.3, -0.25) is 9.52 Å². The Morgan fingerprint density at radius 1 is 1.21 bits per heavy atom. The zero-order chi connectivity index (χ0) is 24.2. The Hall–Kier alpha value is -3.11. The quantitative estimate of drug-likeness (QED) is 0.461. The van der Waals surface area contributed by atoms with Gasteiger partial charge in [-0.2, -0.15) is 9.97 Å². The topological polar surface area (TPSA) is 115 Å². The summed E-state index contributed by atoms with van der Waals surface area (Å²) in [6.45, 7) is 3.74. The van der Waals surface area contributed by atoms with Crippen LogP contribution in [0.2, 0.25) is 5.02 Å². The first kappa shape index (κ1) is 24.5. The average molecular weight is 492 g/mol. The molecule has 0 aliphatic carbocycles. The van der Waals surface area contributed by atoms with Crippen LogP contribution in [0.5, 0.6) is 11.8 Å². The van der Waals surface area contributed by atoms with Crippen LogP contribution in [0, 0.1) is 6.92 Å². The molecule has 176 valence electrons. The van der Waals surface area contributed by atoms with E-state index >= 15 is 0 Å². The van der Waals surface area contributed by atoms with E-state index in [1.165, 1.54) is 10.6 Å². The summed E-state index contributed by atoms with van der Waals surface area (Å²) in [6.07, 6.45) is 2.86. The van der Waals surface area contributed by atoms with E-state index < -0.39 is 10.0 Å². The molecule has 2 heterocycles. The number of para-hydroxylation sites is 1. The Morgan fingerprint density at radius 3 is 2.64 bits per heavy atom. The summed E-state index contributed by atoms with van der Waals surface area (Å²) < 4.78 is 34.8. The Bertz CT molecular complexity index is 1300. The number of anilines is 2. The van der Waals surface area contributed by atoms with Gasteiger partial charge in [-0.25, -0.2) is 8.42 Å². The van der Waals surface area contributed by atoms with Crippen LogP contribution in [-0.4, -0.2) is 35.8 Å². The van der Waals surface area contributed by atoms with E-state index in [4.69, 9.17) is 16.3 Å². The number of nitrogens with zero attached hydrogens (tertiary/aromatic N) is 3. The molecule has 3 rings (SSSR count). The molecule has 0 unspecified atom stereocenters. The van der Waals surface area contributed by atoms with Gasteiger partial charge in [0.1, 0.15) is 11.5 Å². The van der Waals surface area contributed by atoms with Gasteiger partial charge < -0.3 is 14.6 Å². The van der Waals surface area contributed by atoms with Gasteiger partial charge in [0.15, 0.2) is 5.75 Å². The summed E-state index contributed by atoms with van der Waals surface area (Å²) >= 11 is 6.28. The minimum absolute atomic E-state index is 0.0353.